The molecule has 0 heterocycles. The Hall–Kier alpha value is -3.09. The molecule has 7 heteroatoms. The van der Waals surface area contributed by atoms with Crippen LogP contribution in [-0.4, -0.2) is 46.4 Å². The maximum Gasteiger partial charge on any atom is 0.317 e. The van der Waals surface area contributed by atoms with Gasteiger partial charge >= 0.3 is 6.03 Å². The first-order valence-corrected chi connectivity index (χ1v) is 8.43. The third-order valence-corrected chi connectivity index (χ3v) is 4.07. The highest BCUT2D eigenvalue weighted by Gasteiger charge is 2.14. The van der Waals surface area contributed by atoms with Crippen LogP contribution < -0.4 is 24.3 Å². The summed E-state index contributed by atoms with van der Waals surface area (Å²) in [6.07, 6.45) is 0. The number of methoxy groups -OCH3 is 4. The second-order valence-electron chi connectivity index (χ2n) is 5.90. The van der Waals surface area contributed by atoms with Crippen LogP contribution in [0.15, 0.2) is 36.4 Å². The molecular weight excluding hydrogens is 348 g/mol. The Labute approximate surface area is 159 Å². The predicted molar refractivity (Wildman–Crippen MR) is 103 cm³/mol. The fourth-order valence-electron chi connectivity index (χ4n) is 2.67. The summed E-state index contributed by atoms with van der Waals surface area (Å²) in [4.78, 5) is 14.0. The van der Waals surface area contributed by atoms with Gasteiger partial charge in [-0.05, 0) is 35.4 Å². The van der Waals surface area contributed by atoms with Crippen molar-refractivity contribution in [1.82, 2.24) is 10.2 Å². The highest BCUT2D eigenvalue weighted by Crippen LogP contribution is 2.38. The van der Waals surface area contributed by atoms with Gasteiger partial charge in [-0.3, -0.25) is 0 Å². The molecule has 2 amide bonds. The third-order valence-electron chi connectivity index (χ3n) is 4.07. The smallest absolute Gasteiger partial charge is 0.317 e. The van der Waals surface area contributed by atoms with Crippen LogP contribution in [0.25, 0.3) is 0 Å². The first-order valence-electron chi connectivity index (χ1n) is 8.43. The molecule has 2 aromatic carbocycles. The zero-order valence-corrected chi connectivity index (χ0v) is 16.4. The molecule has 0 saturated heterocycles. The van der Waals surface area contributed by atoms with Gasteiger partial charge in [-0.15, -0.1) is 0 Å². The van der Waals surface area contributed by atoms with Crippen LogP contribution in [0.3, 0.4) is 0 Å². The lowest BCUT2D eigenvalue weighted by Gasteiger charge is -2.19. The molecule has 0 aromatic heterocycles. The second-order valence-corrected chi connectivity index (χ2v) is 5.90. The number of carbonyl (C=O) groups is 1. The molecule has 0 radical (unpaired) electrons. The van der Waals surface area contributed by atoms with Gasteiger partial charge in [0.1, 0.15) is 5.75 Å². The van der Waals surface area contributed by atoms with E-state index in [4.69, 9.17) is 18.9 Å². The molecule has 0 saturated carbocycles. The number of amides is 2. The van der Waals surface area contributed by atoms with Gasteiger partial charge in [0.15, 0.2) is 11.5 Å². The van der Waals surface area contributed by atoms with Crippen LogP contribution in [0.1, 0.15) is 11.1 Å². The van der Waals surface area contributed by atoms with Gasteiger partial charge in [0.05, 0.1) is 28.4 Å². The minimum Gasteiger partial charge on any atom is -0.497 e. The number of hydrogen-bond donors (Lipinski definition) is 1. The van der Waals surface area contributed by atoms with E-state index in [2.05, 4.69) is 5.32 Å². The van der Waals surface area contributed by atoms with Crippen LogP contribution in [0.4, 0.5) is 4.79 Å². The van der Waals surface area contributed by atoms with Crippen LogP contribution in [-0.2, 0) is 13.1 Å². The number of benzene rings is 2. The van der Waals surface area contributed by atoms with E-state index in [1.807, 2.05) is 36.4 Å². The maximum atomic E-state index is 12.4. The molecule has 2 aromatic rings. The first kappa shape index (κ1) is 20.2. The van der Waals surface area contributed by atoms with Gasteiger partial charge in [0, 0.05) is 20.1 Å². The van der Waals surface area contributed by atoms with E-state index in [9.17, 15) is 4.79 Å². The molecule has 0 unspecified atom stereocenters. The molecule has 7 nitrogen and oxygen atoms in total. The average Bonchev–Trinajstić information content (AvgIpc) is 2.70. The van der Waals surface area contributed by atoms with Gasteiger partial charge in [-0.1, -0.05) is 12.1 Å². The fraction of sp³-hybridized carbons (Fsp3) is 0.350. The van der Waals surface area contributed by atoms with Crippen molar-refractivity contribution in [2.24, 2.45) is 0 Å². The fourth-order valence-corrected chi connectivity index (χ4v) is 2.67. The zero-order valence-electron chi connectivity index (χ0n) is 16.4. The number of hydrogen-bond acceptors (Lipinski definition) is 5. The van der Waals surface area contributed by atoms with Gasteiger partial charge in [-0.25, -0.2) is 4.79 Å². The molecule has 0 atom stereocenters. The number of carbonyl (C=O) groups excluding carboxylic acids is 1. The molecule has 0 bridgehead atoms. The summed E-state index contributed by atoms with van der Waals surface area (Å²) in [6, 6.07) is 11.1. The SMILES string of the molecule is COc1cccc(CN(C)C(=O)NCc2cc(OC)c(OC)c(OC)c2)c1. The Kier molecular flexibility index (Phi) is 7.16. The minimum absolute atomic E-state index is 0.188. The molecule has 27 heavy (non-hydrogen) atoms. The molecule has 1 N–H and O–H groups in total. The summed E-state index contributed by atoms with van der Waals surface area (Å²) >= 11 is 0. The van der Waals surface area contributed by atoms with Crippen molar-refractivity contribution in [2.75, 3.05) is 35.5 Å². The van der Waals surface area contributed by atoms with Crippen LogP contribution in [0.5, 0.6) is 23.0 Å². The summed E-state index contributed by atoms with van der Waals surface area (Å²) in [5.74, 6) is 2.38. The Bertz CT molecular complexity index is 754. The maximum absolute atomic E-state index is 12.4. The molecule has 146 valence electrons. The molecule has 0 spiro atoms. The number of urea groups is 1. The zero-order chi connectivity index (χ0) is 19.8. The predicted octanol–water partition coefficient (Wildman–Crippen LogP) is 3.06. The average molecular weight is 374 g/mol. The molecule has 2 rings (SSSR count). The van der Waals surface area contributed by atoms with Crippen molar-refractivity contribution in [3.8, 4) is 23.0 Å². The monoisotopic (exact) mass is 374 g/mol. The van der Waals surface area contributed by atoms with Crippen molar-refractivity contribution in [3.63, 3.8) is 0 Å². The van der Waals surface area contributed by atoms with E-state index >= 15 is 0 Å². The van der Waals surface area contributed by atoms with Crippen LogP contribution in [0, 0.1) is 0 Å². The Morgan fingerprint density at radius 1 is 0.926 bits per heavy atom. The van der Waals surface area contributed by atoms with Crippen molar-refractivity contribution >= 4 is 6.03 Å². The summed E-state index contributed by atoms with van der Waals surface area (Å²) in [5.41, 5.74) is 1.83. The van der Waals surface area contributed by atoms with E-state index in [0.717, 1.165) is 16.9 Å². The third kappa shape index (κ3) is 5.20. The lowest BCUT2D eigenvalue weighted by Crippen LogP contribution is -2.36. The summed E-state index contributed by atoms with van der Waals surface area (Å²) in [7, 11) is 8.02. The van der Waals surface area contributed by atoms with E-state index in [1.165, 1.54) is 0 Å². The standard InChI is InChI=1S/C20H26N2O5/c1-22(13-14-7-6-8-16(9-14)24-2)20(23)21-12-15-10-17(25-3)19(27-5)18(11-15)26-4/h6-11H,12-13H2,1-5H3,(H,21,23). The lowest BCUT2D eigenvalue weighted by molar-refractivity contribution is 0.206. The topological polar surface area (TPSA) is 69.3 Å². The quantitative estimate of drug-likeness (QED) is 0.769. The summed E-state index contributed by atoms with van der Waals surface area (Å²) in [6.45, 7) is 0.802. The minimum atomic E-state index is -0.188. The van der Waals surface area contributed by atoms with Crippen molar-refractivity contribution < 1.29 is 23.7 Å². The summed E-state index contributed by atoms with van der Waals surface area (Å²) in [5, 5.41) is 2.89. The first-order chi connectivity index (χ1) is 13.0. The van der Waals surface area contributed by atoms with E-state index in [-0.39, 0.29) is 6.03 Å². The lowest BCUT2D eigenvalue weighted by atomic mass is 10.1. The second kappa shape index (κ2) is 9.56. The van der Waals surface area contributed by atoms with Gasteiger partial charge in [0.2, 0.25) is 5.75 Å². The van der Waals surface area contributed by atoms with E-state index < -0.39 is 0 Å². The highest BCUT2D eigenvalue weighted by atomic mass is 16.5. The van der Waals surface area contributed by atoms with Gasteiger partial charge < -0.3 is 29.2 Å². The molecule has 0 aliphatic rings. The number of nitrogens with one attached hydrogen (secondary N) is 1. The molecule has 0 fully saturated rings. The Morgan fingerprint density at radius 3 is 2.15 bits per heavy atom. The number of rotatable bonds is 8. The normalized spacial score (nSPS) is 10.1. The van der Waals surface area contributed by atoms with Crippen molar-refractivity contribution in [2.45, 2.75) is 13.1 Å². The van der Waals surface area contributed by atoms with Crippen LogP contribution in [0.2, 0.25) is 0 Å². The van der Waals surface area contributed by atoms with Crippen molar-refractivity contribution in [3.05, 3.63) is 47.5 Å². The molecular formula is C20H26N2O5. The van der Waals surface area contributed by atoms with Crippen LogP contribution >= 0.6 is 0 Å². The Morgan fingerprint density at radius 2 is 1.59 bits per heavy atom. The summed E-state index contributed by atoms with van der Waals surface area (Å²) < 4.78 is 21.2. The number of nitrogens with zero attached hydrogens (tertiary/aromatic N) is 1. The van der Waals surface area contributed by atoms with E-state index in [0.29, 0.717) is 30.3 Å². The van der Waals surface area contributed by atoms with Gasteiger partial charge in [-0.2, -0.15) is 0 Å². The molecule has 0 aliphatic carbocycles. The number of ether oxygens (including phenoxy) is 4. The van der Waals surface area contributed by atoms with Gasteiger partial charge in [0.25, 0.3) is 0 Å². The van der Waals surface area contributed by atoms with E-state index in [1.54, 1.807) is 40.4 Å². The van der Waals surface area contributed by atoms with Crippen molar-refractivity contribution in [1.29, 1.82) is 0 Å². The largest absolute Gasteiger partial charge is 0.497 e. The molecule has 0 aliphatic heterocycles. The Balaban J connectivity index is 2.01. The highest BCUT2D eigenvalue weighted by molar-refractivity contribution is 5.74.